The maximum absolute atomic E-state index is 9.57. The fraction of sp³-hybridized carbons (Fsp3) is 1.00. The summed E-state index contributed by atoms with van der Waals surface area (Å²) in [5, 5.41) is 12.9. The third-order valence-electron chi connectivity index (χ3n) is 2.20. The summed E-state index contributed by atoms with van der Waals surface area (Å²) >= 11 is 0. The largest absolute Gasteiger partial charge is 0.389 e. The van der Waals surface area contributed by atoms with Crippen LogP contribution in [0.25, 0.3) is 0 Å². The first kappa shape index (κ1) is 8.02. The number of nitrogens with one attached hydrogen (secondary N) is 1. The first-order chi connectivity index (χ1) is 4.50. The van der Waals surface area contributed by atoms with Gasteiger partial charge < -0.3 is 10.4 Å². The van der Waals surface area contributed by atoms with Gasteiger partial charge in [0.1, 0.15) is 0 Å². The molecule has 0 radical (unpaired) electrons. The van der Waals surface area contributed by atoms with Crippen molar-refractivity contribution in [1.82, 2.24) is 5.32 Å². The molecule has 2 nitrogen and oxygen atoms in total. The van der Waals surface area contributed by atoms with Gasteiger partial charge in [0.25, 0.3) is 0 Å². The molecule has 0 aromatic carbocycles. The quantitative estimate of drug-likeness (QED) is 0.568. The molecule has 0 spiro atoms. The van der Waals surface area contributed by atoms with Gasteiger partial charge in [0.15, 0.2) is 0 Å². The number of rotatable bonds is 1. The summed E-state index contributed by atoms with van der Waals surface area (Å²) in [6.45, 7) is 6.98. The Morgan fingerprint density at radius 1 is 1.50 bits per heavy atom. The van der Waals surface area contributed by atoms with E-state index >= 15 is 0 Å². The molecule has 2 heteroatoms. The van der Waals surface area contributed by atoms with Crippen LogP contribution in [0.2, 0.25) is 0 Å². The van der Waals surface area contributed by atoms with E-state index in [1.165, 1.54) is 0 Å². The zero-order chi connectivity index (χ0) is 7.78. The van der Waals surface area contributed by atoms with E-state index < -0.39 is 5.60 Å². The molecule has 1 rings (SSSR count). The van der Waals surface area contributed by atoms with Gasteiger partial charge in [-0.25, -0.2) is 0 Å². The van der Waals surface area contributed by atoms with Gasteiger partial charge >= 0.3 is 0 Å². The van der Waals surface area contributed by atoms with E-state index in [1.54, 1.807) is 0 Å². The van der Waals surface area contributed by atoms with Crippen LogP contribution in [-0.4, -0.2) is 23.3 Å². The molecule has 1 aliphatic heterocycles. The van der Waals surface area contributed by atoms with Crippen LogP contribution < -0.4 is 5.32 Å². The monoisotopic (exact) mass is 143 g/mol. The Kier molecular flexibility index (Phi) is 2.02. The highest BCUT2D eigenvalue weighted by Crippen LogP contribution is 2.21. The normalized spacial score (nSPS) is 34.8. The van der Waals surface area contributed by atoms with E-state index in [-0.39, 0.29) is 0 Å². The molecule has 0 bridgehead atoms. The molecule has 1 saturated heterocycles. The maximum Gasteiger partial charge on any atom is 0.0744 e. The van der Waals surface area contributed by atoms with Crippen molar-refractivity contribution in [3.63, 3.8) is 0 Å². The zero-order valence-corrected chi connectivity index (χ0v) is 7.02. The standard InChI is InChI=1S/C8H17NO/c1-6-4-7(9-5-6)8(2,3)10/h6-7,9-10H,4-5H2,1-3H3/t6-,7+/m1/s1. The Labute approximate surface area is 62.6 Å². The van der Waals surface area contributed by atoms with E-state index in [2.05, 4.69) is 12.2 Å². The van der Waals surface area contributed by atoms with Gasteiger partial charge in [0.05, 0.1) is 5.60 Å². The van der Waals surface area contributed by atoms with E-state index in [9.17, 15) is 5.11 Å². The van der Waals surface area contributed by atoms with Gasteiger partial charge in [-0.2, -0.15) is 0 Å². The minimum atomic E-state index is -0.551. The Morgan fingerprint density at radius 2 is 2.10 bits per heavy atom. The van der Waals surface area contributed by atoms with Crippen molar-refractivity contribution in [3.8, 4) is 0 Å². The van der Waals surface area contributed by atoms with Crippen molar-refractivity contribution in [2.75, 3.05) is 6.54 Å². The molecule has 2 atom stereocenters. The summed E-state index contributed by atoms with van der Waals surface area (Å²) in [6, 6.07) is 0.294. The summed E-state index contributed by atoms with van der Waals surface area (Å²) in [5.41, 5.74) is -0.551. The summed E-state index contributed by atoms with van der Waals surface area (Å²) in [7, 11) is 0. The maximum atomic E-state index is 9.57. The Hall–Kier alpha value is -0.0800. The molecule has 0 aromatic heterocycles. The summed E-state index contributed by atoms with van der Waals surface area (Å²) < 4.78 is 0. The fourth-order valence-electron chi connectivity index (χ4n) is 1.45. The first-order valence-electron chi connectivity index (χ1n) is 3.96. The van der Waals surface area contributed by atoms with E-state index in [4.69, 9.17) is 0 Å². The van der Waals surface area contributed by atoms with Crippen LogP contribution in [-0.2, 0) is 0 Å². The molecule has 60 valence electrons. The second-order valence-corrected chi connectivity index (χ2v) is 3.96. The minimum absolute atomic E-state index is 0.294. The van der Waals surface area contributed by atoms with Gasteiger partial charge in [0.2, 0.25) is 0 Å². The van der Waals surface area contributed by atoms with Crippen molar-refractivity contribution < 1.29 is 5.11 Å². The van der Waals surface area contributed by atoms with Crippen LogP contribution in [0.3, 0.4) is 0 Å². The predicted molar refractivity (Wildman–Crippen MR) is 41.9 cm³/mol. The topological polar surface area (TPSA) is 32.3 Å². The van der Waals surface area contributed by atoms with Crippen molar-refractivity contribution >= 4 is 0 Å². The van der Waals surface area contributed by atoms with Crippen molar-refractivity contribution in [1.29, 1.82) is 0 Å². The van der Waals surface area contributed by atoms with Crippen LogP contribution in [0.5, 0.6) is 0 Å². The van der Waals surface area contributed by atoms with Crippen LogP contribution in [0.15, 0.2) is 0 Å². The predicted octanol–water partition coefficient (Wildman–Crippen LogP) is 0.755. The van der Waals surface area contributed by atoms with E-state index in [1.807, 2.05) is 13.8 Å². The molecule has 0 aromatic rings. The third-order valence-corrected chi connectivity index (χ3v) is 2.20. The average molecular weight is 143 g/mol. The molecule has 0 aliphatic carbocycles. The summed E-state index contributed by atoms with van der Waals surface area (Å²) in [5.74, 6) is 0.719. The highest BCUT2D eigenvalue weighted by Gasteiger charge is 2.31. The van der Waals surface area contributed by atoms with Crippen LogP contribution in [0.1, 0.15) is 27.2 Å². The average Bonchev–Trinajstić information content (AvgIpc) is 2.11. The Balaban J connectivity index is 2.45. The molecule has 0 saturated carbocycles. The molecule has 2 N–H and O–H groups in total. The van der Waals surface area contributed by atoms with Crippen LogP contribution in [0.4, 0.5) is 0 Å². The lowest BCUT2D eigenvalue weighted by Crippen LogP contribution is -2.42. The summed E-state index contributed by atoms with van der Waals surface area (Å²) in [4.78, 5) is 0. The molecule has 0 amide bonds. The lowest BCUT2D eigenvalue weighted by atomic mass is 9.95. The van der Waals surface area contributed by atoms with Gasteiger partial charge in [-0.1, -0.05) is 6.92 Å². The smallest absolute Gasteiger partial charge is 0.0744 e. The van der Waals surface area contributed by atoms with Gasteiger partial charge in [-0.05, 0) is 32.7 Å². The third kappa shape index (κ3) is 1.70. The highest BCUT2D eigenvalue weighted by atomic mass is 16.3. The minimum Gasteiger partial charge on any atom is -0.389 e. The van der Waals surface area contributed by atoms with Gasteiger partial charge in [-0.15, -0.1) is 0 Å². The van der Waals surface area contributed by atoms with Crippen LogP contribution >= 0.6 is 0 Å². The zero-order valence-electron chi connectivity index (χ0n) is 7.02. The van der Waals surface area contributed by atoms with E-state index in [0.29, 0.717) is 6.04 Å². The molecule has 1 heterocycles. The van der Waals surface area contributed by atoms with Crippen molar-refractivity contribution in [3.05, 3.63) is 0 Å². The van der Waals surface area contributed by atoms with Crippen molar-refractivity contribution in [2.45, 2.75) is 38.8 Å². The second kappa shape index (κ2) is 2.51. The molecule has 1 aliphatic rings. The summed E-state index contributed by atoms with van der Waals surface area (Å²) in [6.07, 6.45) is 1.10. The molecular weight excluding hydrogens is 126 g/mol. The van der Waals surface area contributed by atoms with Gasteiger partial charge in [-0.3, -0.25) is 0 Å². The van der Waals surface area contributed by atoms with Crippen molar-refractivity contribution in [2.24, 2.45) is 5.92 Å². The lowest BCUT2D eigenvalue weighted by molar-refractivity contribution is 0.0438. The number of hydrogen-bond donors (Lipinski definition) is 2. The Morgan fingerprint density at radius 3 is 2.30 bits per heavy atom. The van der Waals surface area contributed by atoms with E-state index in [0.717, 1.165) is 18.9 Å². The fourth-order valence-corrected chi connectivity index (χ4v) is 1.45. The number of aliphatic hydroxyl groups is 1. The molecule has 0 unspecified atom stereocenters. The molecule has 1 fully saturated rings. The Bertz CT molecular complexity index is 117. The van der Waals surface area contributed by atoms with Gasteiger partial charge in [0, 0.05) is 6.04 Å². The SMILES string of the molecule is C[C@H]1CN[C@H](C(C)(C)O)C1. The lowest BCUT2D eigenvalue weighted by Gasteiger charge is -2.25. The van der Waals surface area contributed by atoms with Crippen LogP contribution in [0, 0.1) is 5.92 Å². The second-order valence-electron chi connectivity index (χ2n) is 3.96. The molecule has 10 heavy (non-hydrogen) atoms. The molecular formula is C8H17NO. The highest BCUT2D eigenvalue weighted by molar-refractivity contribution is 4.90. The number of hydrogen-bond acceptors (Lipinski definition) is 2. The first-order valence-corrected chi connectivity index (χ1v) is 3.96.